The van der Waals surface area contributed by atoms with E-state index in [2.05, 4.69) is 17.6 Å². The first-order chi connectivity index (χ1) is 15.0. The maximum Gasteiger partial charge on any atom is 0.262 e. The highest BCUT2D eigenvalue weighted by Crippen LogP contribution is 2.33. The van der Waals surface area contributed by atoms with Crippen molar-refractivity contribution in [3.8, 4) is 11.5 Å². The second-order valence-electron chi connectivity index (χ2n) is 7.74. The number of anilines is 1. The predicted molar refractivity (Wildman–Crippen MR) is 128 cm³/mol. The van der Waals surface area contributed by atoms with Crippen molar-refractivity contribution < 1.29 is 14.3 Å². The number of halogens is 1. The van der Waals surface area contributed by atoms with E-state index < -0.39 is 0 Å². The fraction of sp³-hybridized carbons (Fsp3) is 0.480. The number of methoxy groups -OCH3 is 1. The van der Waals surface area contributed by atoms with E-state index in [0.717, 1.165) is 29.8 Å². The average molecular weight is 447 g/mol. The minimum Gasteiger partial charge on any atom is -0.493 e. The smallest absolute Gasteiger partial charge is 0.262 e. The third kappa shape index (κ3) is 9.19. The van der Waals surface area contributed by atoms with Crippen molar-refractivity contribution >= 4 is 23.2 Å². The van der Waals surface area contributed by atoms with Crippen molar-refractivity contribution in [1.29, 1.82) is 0 Å². The molecule has 0 unspecified atom stereocenters. The highest BCUT2D eigenvalue weighted by atomic mass is 35.5. The molecule has 0 aromatic heterocycles. The van der Waals surface area contributed by atoms with Gasteiger partial charge in [-0.2, -0.15) is 0 Å². The zero-order valence-electron chi connectivity index (χ0n) is 18.9. The zero-order valence-corrected chi connectivity index (χ0v) is 19.7. The number of hydrogen-bond donors (Lipinski definition) is 2. The first-order valence-electron chi connectivity index (χ1n) is 11.1. The van der Waals surface area contributed by atoms with Crippen LogP contribution in [0.25, 0.3) is 0 Å². The van der Waals surface area contributed by atoms with Gasteiger partial charge in [-0.05, 0) is 43.7 Å². The standard InChI is InChI=1S/C25H35ClN2O3/c1-4-5-6-7-8-9-14-27-17-20-15-23(30-3)24(16-22(20)26)31-18-25(29)28-21-12-10-19(2)11-13-21/h10-13,15-16,27H,4-9,14,17-18H2,1-3H3,(H,28,29). The van der Waals surface area contributed by atoms with Gasteiger partial charge in [0.1, 0.15) is 0 Å². The van der Waals surface area contributed by atoms with Crippen molar-refractivity contribution in [3.05, 3.63) is 52.5 Å². The normalized spacial score (nSPS) is 10.7. The van der Waals surface area contributed by atoms with Crippen LogP contribution in [0.15, 0.2) is 36.4 Å². The van der Waals surface area contributed by atoms with E-state index in [1.165, 1.54) is 32.1 Å². The van der Waals surface area contributed by atoms with E-state index >= 15 is 0 Å². The molecule has 0 atom stereocenters. The van der Waals surface area contributed by atoms with Gasteiger partial charge in [0, 0.05) is 23.3 Å². The Morgan fingerprint density at radius 3 is 2.42 bits per heavy atom. The fourth-order valence-corrected chi connectivity index (χ4v) is 3.44. The lowest BCUT2D eigenvalue weighted by molar-refractivity contribution is -0.118. The Morgan fingerprint density at radius 1 is 1.00 bits per heavy atom. The summed E-state index contributed by atoms with van der Waals surface area (Å²) in [5.41, 5.74) is 2.81. The summed E-state index contributed by atoms with van der Waals surface area (Å²) in [6.45, 7) is 5.73. The first-order valence-corrected chi connectivity index (χ1v) is 11.5. The third-order valence-electron chi connectivity index (χ3n) is 5.05. The number of rotatable bonds is 14. The molecule has 0 aliphatic heterocycles. The molecule has 0 bridgehead atoms. The monoisotopic (exact) mass is 446 g/mol. The lowest BCUT2D eigenvalue weighted by atomic mass is 10.1. The van der Waals surface area contributed by atoms with Crippen LogP contribution in [0.4, 0.5) is 5.69 Å². The fourth-order valence-electron chi connectivity index (χ4n) is 3.22. The van der Waals surface area contributed by atoms with Gasteiger partial charge in [0.2, 0.25) is 0 Å². The van der Waals surface area contributed by atoms with Gasteiger partial charge in [-0.15, -0.1) is 0 Å². The number of hydrogen-bond acceptors (Lipinski definition) is 4. The van der Waals surface area contributed by atoms with E-state index in [9.17, 15) is 4.79 Å². The van der Waals surface area contributed by atoms with Crippen molar-refractivity contribution in [1.82, 2.24) is 5.32 Å². The Labute approximate surface area is 191 Å². The van der Waals surface area contributed by atoms with Crippen LogP contribution in [0.2, 0.25) is 5.02 Å². The van der Waals surface area contributed by atoms with Gasteiger partial charge in [-0.1, -0.05) is 68.3 Å². The van der Waals surface area contributed by atoms with Crippen LogP contribution in [-0.4, -0.2) is 26.2 Å². The van der Waals surface area contributed by atoms with Crippen molar-refractivity contribution in [2.24, 2.45) is 0 Å². The molecule has 0 fully saturated rings. The molecule has 0 spiro atoms. The summed E-state index contributed by atoms with van der Waals surface area (Å²) in [6, 6.07) is 11.2. The van der Waals surface area contributed by atoms with E-state index in [1.807, 2.05) is 37.3 Å². The average Bonchev–Trinajstić information content (AvgIpc) is 2.76. The first kappa shape index (κ1) is 25.0. The van der Waals surface area contributed by atoms with Gasteiger partial charge >= 0.3 is 0 Å². The Balaban J connectivity index is 1.81. The van der Waals surface area contributed by atoms with Gasteiger partial charge in [-0.25, -0.2) is 0 Å². The Hall–Kier alpha value is -2.24. The number of carbonyl (C=O) groups excluding carboxylic acids is 1. The molecule has 31 heavy (non-hydrogen) atoms. The Kier molecular flexibility index (Phi) is 11.3. The molecule has 6 heteroatoms. The Morgan fingerprint density at radius 2 is 1.71 bits per heavy atom. The predicted octanol–water partition coefficient (Wildman–Crippen LogP) is 6.12. The zero-order chi connectivity index (χ0) is 22.5. The highest BCUT2D eigenvalue weighted by Gasteiger charge is 2.12. The molecule has 0 saturated carbocycles. The van der Waals surface area contributed by atoms with Crippen molar-refractivity contribution in [2.45, 2.75) is 58.9 Å². The van der Waals surface area contributed by atoms with Crippen LogP contribution < -0.4 is 20.1 Å². The van der Waals surface area contributed by atoms with Crippen LogP contribution >= 0.6 is 11.6 Å². The van der Waals surface area contributed by atoms with Crippen molar-refractivity contribution in [3.63, 3.8) is 0 Å². The number of ether oxygens (including phenoxy) is 2. The number of carbonyl (C=O) groups is 1. The number of unbranched alkanes of at least 4 members (excludes halogenated alkanes) is 5. The van der Waals surface area contributed by atoms with E-state index in [1.54, 1.807) is 13.2 Å². The lowest BCUT2D eigenvalue weighted by Gasteiger charge is -2.14. The van der Waals surface area contributed by atoms with Gasteiger partial charge in [0.25, 0.3) is 5.91 Å². The SMILES string of the molecule is CCCCCCCCNCc1cc(OC)c(OCC(=O)Nc2ccc(C)cc2)cc1Cl. The van der Waals surface area contributed by atoms with Crippen LogP contribution in [-0.2, 0) is 11.3 Å². The minimum atomic E-state index is -0.244. The molecule has 2 aromatic carbocycles. The van der Waals surface area contributed by atoms with Crippen LogP contribution in [0.1, 0.15) is 56.6 Å². The quantitative estimate of drug-likeness (QED) is 0.343. The summed E-state index contributed by atoms with van der Waals surface area (Å²) in [4.78, 5) is 12.2. The number of benzene rings is 2. The van der Waals surface area contributed by atoms with E-state index in [0.29, 0.717) is 23.1 Å². The van der Waals surface area contributed by atoms with E-state index in [-0.39, 0.29) is 12.5 Å². The van der Waals surface area contributed by atoms with Crippen LogP contribution in [0, 0.1) is 6.92 Å². The lowest BCUT2D eigenvalue weighted by Crippen LogP contribution is -2.20. The third-order valence-corrected chi connectivity index (χ3v) is 5.40. The summed E-state index contributed by atoms with van der Waals surface area (Å²) in [7, 11) is 1.58. The van der Waals surface area contributed by atoms with E-state index in [4.69, 9.17) is 21.1 Å². The number of aryl methyl sites for hydroxylation is 1. The molecule has 0 radical (unpaired) electrons. The largest absolute Gasteiger partial charge is 0.493 e. The molecule has 5 nitrogen and oxygen atoms in total. The molecule has 2 aromatic rings. The Bertz CT molecular complexity index is 809. The molecule has 2 rings (SSSR count). The van der Waals surface area contributed by atoms with Gasteiger partial charge in [0.15, 0.2) is 18.1 Å². The highest BCUT2D eigenvalue weighted by molar-refractivity contribution is 6.31. The summed E-state index contributed by atoms with van der Waals surface area (Å²) < 4.78 is 11.1. The number of nitrogens with one attached hydrogen (secondary N) is 2. The van der Waals surface area contributed by atoms with Crippen LogP contribution in [0.5, 0.6) is 11.5 Å². The summed E-state index contributed by atoms with van der Waals surface area (Å²) in [5, 5.41) is 6.84. The van der Waals surface area contributed by atoms with Crippen molar-refractivity contribution in [2.75, 3.05) is 25.6 Å². The molecule has 0 saturated heterocycles. The molecule has 1 amide bonds. The second kappa shape index (κ2) is 13.9. The maximum atomic E-state index is 12.2. The molecule has 0 aliphatic carbocycles. The summed E-state index contributed by atoms with van der Waals surface area (Å²) in [5.74, 6) is 0.766. The van der Waals surface area contributed by atoms with Gasteiger partial charge in [-0.3, -0.25) is 4.79 Å². The summed E-state index contributed by atoms with van der Waals surface area (Å²) >= 11 is 6.44. The summed E-state index contributed by atoms with van der Waals surface area (Å²) in [6.07, 6.45) is 7.63. The maximum absolute atomic E-state index is 12.2. The molecule has 0 aliphatic rings. The molecular weight excluding hydrogens is 412 g/mol. The topological polar surface area (TPSA) is 59.6 Å². The van der Waals surface area contributed by atoms with Gasteiger partial charge < -0.3 is 20.1 Å². The molecule has 170 valence electrons. The second-order valence-corrected chi connectivity index (χ2v) is 8.15. The number of amides is 1. The molecular formula is C25H35ClN2O3. The van der Waals surface area contributed by atoms with Gasteiger partial charge in [0.05, 0.1) is 7.11 Å². The molecule has 2 N–H and O–H groups in total. The molecule has 0 heterocycles. The minimum absolute atomic E-state index is 0.129. The van der Waals surface area contributed by atoms with Crippen LogP contribution in [0.3, 0.4) is 0 Å².